The van der Waals surface area contributed by atoms with Crippen LogP contribution < -0.4 is 5.32 Å². The fourth-order valence-electron chi connectivity index (χ4n) is 3.70. The molecule has 1 fully saturated rings. The van der Waals surface area contributed by atoms with Gasteiger partial charge in [-0.2, -0.15) is 0 Å². The number of hydrogen-bond donors (Lipinski definition) is 1. The molecule has 0 bridgehead atoms. The summed E-state index contributed by atoms with van der Waals surface area (Å²) in [6.45, 7) is 5.35. The third kappa shape index (κ3) is 4.93. The van der Waals surface area contributed by atoms with Gasteiger partial charge in [0.05, 0.1) is 17.5 Å². The van der Waals surface area contributed by atoms with Crippen molar-refractivity contribution in [1.29, 1.82) is 0 Å². The Labute approximate surface area is 169 Å². The number of fused-ring (bicyclic) bond motifs is 1. The molecule has 1 heterocycles. The number of hydrogen-bond acceptors (Lipinski definition) is 6. The topological polar surface area (TPSA) is 102 Å². The third-order valence-corrected chi connectivity index (χ3v) is 4.99. The van der Waals surface area contributed by atoms with Crippen LogP contribution in [0, 0.1) is 5.92 Å². The molecule has 1 aromatic rings. The Balaban J connectivity index is 1.60. The molecule has 0 unspecified atom stereocenters. The molecular formula is C21H26N2O6. The van der Waals surface area contributed by atoms with Crippen LogP contribution in [0.1, 0.15) is 73.6 Å². The lowest BCUT2D eigenvalue weighted by Gasteiger charge is -2.32. The quantitative estimate of drug-likeness (QED) is 0.776. The van der Waals surface area contributed by atoms with E-state index in [-0.39, 0.29) is 29.5 Å². The predicted molar refractivity (Wildman–Crippen MR) is 103 cm³/mol. The van der Waals surface area contributed by atoms with Gasteiger partial charge in [0, 0.05) is 6.04 Å². The van der Waals surface area contributed by atoms with Crippen molar-refractivity contribution in [2.45, 2.75) is 64.5 Å². The third-order valence-electron chi connectivity index (χ3n) is 4.99. The predicted octanol–water partition coefficient (Wildman–Crippen LogP) is 3.21. The Hall–Kier alpha value is -2.90. The average Bonchev–Trinajstić information content (AvgIpc) is 2.87. The summed E-state index contributed by atoms with van der Waals surface area (Å²) in [5.74, 6) is -2.13. The fourth-order valence-corrected chi connectivity index (χ4v) is 3.70. The van der Waals surface area contributed by atoms with E-state index in [9.17, 15) is 19.2 Å². The molecule has 0 spiro atoms. The van der Waals surface area contributed by atoms with E-state index in [0.717, 1.165) is 25.7 Å². The molecule has 29 heavy (non-hydrogen) atoms. The van der Waals surface area contributed by atoms with Crippen LogP contribution in [0.3, 0.4) is 0 Å². The van der Waals surface area contributed by atoms with Crippen LogP contribution in [0.25, 0.3) is 0 Å². The zero-order chi connectivity index (χ0) is 21.2. The van der Waals surface area contributed by atoms with Crippen molar-refractivity contribution in [1.82, 2.24) is 10.4 Å². The van der Waals surface area contributed by atoms with Crippen molar-refractivity contribution in [3.63, 3.8) is 0 Å². The minimum atomic E-state index is -0.678. The first-order chi connectivity index (χ1) is 13.7. The number of ether oxygens (including phenoxy) is 1. The van der Waals surface area contributed by atoms with Gasteiger partial charge in [-0.15, -0.1) is 0 Å². The lowest BCUT2D eigenvalue weighted by molar-refractivity contribution is -0.170. The molecule has 8 heteroatoms. The van der Waals surface area contributed by atoms with Crippen LogP contribution in [-0.2, 0) is 14.4 Å². The molecular weight excluding hydrogens is 376 g/mol. The van der Waals surface area contributed by atoms with Gasteiger partial charge in [-0.25, -0.2) is 9.59 Å². The van der Waals surface area contributed by atoms with Crippen LogP contribution >= 0.6 is 0 Å². The maximum atomic E-state index is 12.5. The standard InChI is InChI=1S/C21H26N2O6/c1-21(2,3)28-20(27)22-16-11-7-4-8-13(16)12-17(24)29-23-18(25)14-9-5-6-10-15(14)19(23)26/h5-6,9-10,13,16H,4,7-8,11-12H2,1-3H3,(H,22,27)/t13-,16-/m1/s1. The molecule has 3 amide bonds. The van der Waals surface area contributed by atoms with Crippen molar-refractivity contribution in [3.8, 4) is 0 Å². The number of carbonyl (C=O) groups excluding carboxylic acids is 4. The van der Waals surface area contributed by atoms with E-state index >= 15 is 0 Å². The van der Waals surface area contributed by atoms with E-state index in [1.165, 1.54) is 12.1 Å². The fraction of sp³-hybridized carbons (Fsp3) is 0.524. The van der Waals surface area contributed by atoms with Crippen molar-refractivity contribution >= 4 is 23.9 Å². The molecule has 1 aliphatic heterocycles. The van der Waals surface area contributed by atoms with E-state index < -0.39 is 29.5 Å². The molecule has 0 saturated heterocycles. The Morgan fingerprint density at radius 1 is 1.07 bits per heavy atom. The van der Waals surface area contributed by atoms with Gasteiger partial charge in [0.1, 0.15) is 5.60 Å². The zero-order valence-electron chi connectivity index (χ0n) is 16.9. The number of nitrogens with one attached hydrogen (secondary N) is 1. The first kappa shape index (κ1) is 20.8. The molecule has 2 aliphatic rings. The number of imide groups is 1. The maximum absolute atomic E-state index is 12.5. The van der Waals surface area contributed by atoms with Crippen molar-refractivity contribution < 1.29 is 28.8 Å². The number of carbonyl (C=O) groups is 4. The van der Waals surface area contributed by atoms with Crippen LogP contribution in [0.2, 0.25) is 0 Å². The highest BCUT2D eigenvalue weighted by Crippen LogP contribution is 2.29. The summed E-state index contributed by atoms with van der Waals surface area (Å²) < 4.78 is 5.30. The molecule has 1 aromatic carbocycles. The van der Waals surface area contributed by atoms with Gasteiger partial charge in [-0.1, -0.05) is 30.0 Å². The lowest BCUT2D eigenvalue weighted by atomic mass is 9.82. The van der Waals surface area contributed by atoms with Gasteiger partial charge < -0.3 is 14.9 Å². The smallest absolute Gasteiger partial charge is 0.407 e. The Kier molecular flexibility index (Phi) is 5.91. The van der Waals surface area contributed by atoms with Gasteiger partial charge in [-0.05, 0) is 51.7 Å². The van der Waals surface area contributed by atoms with Gasteiger partial charge in [0.15, 0.2) is 0 Å². The Morgan fingerprint density at radius 2 is 1.66 bits per heavy atom. The number of hydroxylamine groups is 2. The number of benzene rings is 1. The molecule has 156 valence electrons. The van der Waals surface area contributed by atoms with Crippen molar-refractivity contribution in [3.05, 3.63) is 35.4 Å². The lowest BCUT2D eigenvalue weighted by Crippen LogP contribution is -2.45. The van der Waals surface area contributed by atoms with Crippen LogP contribution in [0.4, 0.5) is 4.79 Å². The highest BCUT2D eigenvalue weighted by atomic mass is 16.7. The minimum absolute atomic E-state index is 0.00608. The summed E-state index contributed by atoms with van der Waals surface area (Å²) in [7, 11) is 0. The molecule has 0 radical (unpaired) electrons. The molecule has 1 aliphatic carbocycles. The largest absolute Gasteiger partial charge is 0.444 e. The van der Waals surface area contributed by atoms with Gasteiger partial charge >= 0.3 is 12.1 Å². The SMILES string of the molecule is CC(C)(C)OC(=O)N[C@@H]1CCCC[C@@H]1CC(=O)ON1C(=O)c2ccccc2C1=O. The van der Waals surface area contributed by atoms with E-state index in [2.05, 4.69) is 5.32 Å². The first-order valence-electron chi connectivity index (χ1n) is 9.84. The minimum Gasteiger partial charge on any atom is -0.444 e. The average molecular weight is 402 g/mol. The van der Waals surface area contributed by atoms with Crippen molar-refractivity contribution in [2.75, 3.05) is 0 Å². The summed E-state index contributed by atoms with van der Waals surface area (Å²) in [4.78, 5) is 54.3. The molecule has 2 atom stereocenters. The molecule has 1 N–H and O–H groups in total. The molecule has 8 nitrogen and oxygen atoms in total. The number of amides is 3. The van der Waals surface area contributed by atoms with Crippen LogP contribution in [0.15, 0.2) is 24.3 Å². The summed E-state index contributed by atoms with van der Waals surface area (Å²) in [6.07, 6.45) is 2.79. The first-order valence-corrected chi connectivity index (χ1v) is 9.84. The van der Waals surface area contributed by atoms with E-state index in [1.807, 2.05) is 0 Å². The van der Waals surface area contributed by atoms with E-state index in [1.54, 1.807) is 32.9 Å². The van der Waals surface area contributed by atoms with Crippen molar-refractivity contribution in [2.24, 2.45) is 5.92 Å². The summed E-state index contributed by atoms with van der Waals surface area (Å²) in [5.41, 5.74) is -0.182. The Bertz CT molecular complexity index is 794. The molecule has 3 rings (SSSR count). The highest BCUT2D eigenvalue weighted by molar-refractivity contribution is 6.20. The van der Waals surface area contributed by atoms with Gasteiger partial charge in [-0.3, -0.25) is 9.59 Å². The van der Waals surface area contributed by atoms with Crippen LogP contribution in [0.5, 0.6) is 0 Å². The summed E-state index contributed by atoms with van der Waals surface area (Å²) in [6, 6.07) is 6.10. The second-order valence-electron chi connectivity index (χ2n) is 8.41. The Morgan fingerprint density at radius 3 is 2.24 bits per heavy atom. The second kappa shape index (κ2) is 8.23. The number of nitrogens with zero attached hydrogens (tertiary/aromatic N) is 1. The summed E-state index contributed by atoms with van der Waals surface area (Å²) in [5, 5.41) is 3.36. The number of rotatable bonds is 4. The summed E-state index contributed by atoms with van der Waals surface area (Å²) >= 11 is 0. The second-order valence-corrected chi connectivity index (χ2v) is 8.41. The van der Waals surface area contributed by atoms with Gasteiger partial charge in [0.2, 0.25) is 0 Å². The molecule has 0 aromatic heterocycles. The number of alkyl carbamates (subject to hydrolysis) is 1. The molecule has 1 saturated carbocycles. The van der Waals surface area contributed by atoms with Gasteiger partial charge in [0.25, 0.3) is 11.8 Å². The van der Waals surface area contributed by atoms with E-state index in [4.69, 9.17) is 9.57 Å². The monoisotopic (exact) mass is 402 g/mol. The maximum Gasteiger partial charge on any atom is 0.407 e. The van der Waals surface area contributed by atoms with Crippen LogP contribution in [-0.4, -0.2) is 40.6 Å². The van der Waals surface area contributed by atoms with E-state index in [0.29, 0.717) is 5.06 Å². The zero-order valence-corrected chi connectivity index (χ0v) is 16.9. The normalized spacial score (nSPS) is 21.6. The highest BCUT2D eigenvalue weighted by Gasteiger charge is 2.39.